The van der Waals surface area contributed by atoms with Crippen molar-refractivity contribution < 1.29 is 9.53 Å². The summed E-state index contributed by atoms with van der Waals surface area (Å²) in [6, 6.07) is 5.30. The van der Waals surface area contributed by atoms with E-state index in [0.717, 1.165) is 19.5 Å². The quantitative estimate of drug-likeness (QED) is 0.774. The molecule has 1 aliphatic rings. The van der Waals surface area contributed by atoms with Crippen molar-refractivity contribution >= 4 is 11.6 Å². The van der Waals surface area contributed by atoms with Gasteiger partial charge in [0.05, 0.1) is 12.8 Å². The van der Waals surface area contributed by atoms with Crippen molar-refractivity contribution in [2.45, 2.75) is 12.5 Å². The van der Waals surface area contributed by atoms with Crippen LogP contribution in [-0.4, -0.2) is 44.1 Å². The molecule has 5 nitrogen and oxygen atoms in total. The molecule has 1 saturated heterocycles. The standard InChI is InChI=1S/C13H19N3O2/c1-16-6-5-10(8-16)15-13(17)9-3-4-11(14)12(7-9)18-2/h3-4,7,10H,5-6,8,14H2,1-2H3,(H,15,17)/t10-/m0/s1. The number of hydrogen-bond donors (Lipinski definition) is 2. The highest BCUT2D eigenvalue weighted by atomic mass is 16.5. The highest BCUT2D eigenvalue weighted by Crippen LogP contribution is 2.22. The third-order valence-corrected chi connectivity index (χ3v) is 3.22. The zero-order valence-corrected chi connectivity index (χ0v) is 10.8. The van der Waals surface area contributed by atoms with Crippen molar-refractivity contribution in [3.63, 3.8) is 0 Å². The van der Waals surface area contributed by atoms with Gasteiger partial charge in [0.1, 0.15) is 5.75 Å². The van der Waals surface area contributed by atoms with Gasteiger partial charge in [-0.25, -0.2) is 0 Å². The molecule has 0 radical (unpaired) electrons. The lowest BCUT2D eigenvalue weighted by Gasteiger charge is -2.13. The summed E-state index contributed by atoms with van der Waals surface area (Å²) in [6.07, 6.45) is 0.994. The number of likely N-dealkylation sites (tertiary alicyclic amines) is 1. The Hall–Kier alpha value is -1.75. The normalized spacial score (nSPS) is 19.8. The lowest BCUT2D eigenvalue weighted by Crippen LogP contribution is -2.36. The summed E-state index contributed by atoms with van der Waals surface area (Å²) in [7, 11) is 3.59. The Kier molecular flexibility index (Phi) is 3.72. The molecule has 98 valence electrons. The number of ether oxygens (including phenoxy) is 1. The predicted octanol–water partition coefficient (Wildman–Crippen LogP) is 0.711. The lowest BCUT2D eigenvalue weighted by atomic mass is 10.1. The number of carbonyl (C=O) groups excluding carboxylic acids is 1. The van der Waals surface area contributed by atoms with Crippen LogP contribution < -0.4 is 15.8 Å². The van der Waals surface area contributed by atoms with Crippen molar-refractivity contribution in [3.8, 4) is 5.75 Å². The summed E-state index contributed by atoms with van der Waals surface area (Å²) < 4.78 is 5.11. The first-order chi connectivity index (χ1) is 8.60. The molecule has 3 N–H and O–H groups in total. The van der Waals surface area contributed by atoms with Crippen molar-refractivity contribution in [2.24, 2.45) is 0 Å². The zero-order valence-electron chi connectivity index (χ0n) is 10.8. The monoisotopic (exact) mass is 249 g/mol. The fraction of sp³-hybridized carbons (Fsp3) is 0.462. The number of likely N-dealkylation sites (N-methyl/N-ethyl adjacent to an activating group) is 1. The Balaban J connectivity index is 2.04. The molecule has 1 heterocycles. The second-order valence-corrected chi connectivity index (χ2v) is 4.68. The first kappa shape index (κ1) is 12.7. The average molecular weight is 249 g/mol. The van der Waals surface area contributed by atoms with Gasteiger partial charge in [-0.05, 0) is 38.2 Å². The van der Waals surface area contributed by atoms with Gasteiger partial charge in [-0.1, -0.05) is 0 Å². The second-order valence-electron chi connectivity index (χ2n) is 4.68. The van der Waals surface area contributed by atoms with Gasteiger partial charge in [-0.3, -0.25) is 4.79 Å². The number of nitrogens with two attached hydrogens (primary N) is 1. The van der Waals surface area contributed by atoms with Gasteiger partial charge in [0.2, 0.25) is 0 Å². The first-order valence-corrected chi connectivity index (χ1v) is 6.03. The first-order valence-electron chi connectivity index (χ1n) is 6.03. The number of anilines is 1. The number of carbonyl (C=O) groups is 1. The van der Waals surface area contributed by atoms with E-state index in [-0.39, 0.29) is 11.9 Å². The van der Waals surface area contributed by atoms with Gasteiger partial charge in [0.25, 0.3) is 5.91 Å². The van der Waals surface area contributed by atoms with E-state index in [1.807, 2.05) is 0 Å². The molecule has 1 atom stereocenters. The third kappa shape index (κ3) is 2.73. The average Bonchev–Trinajstić information content (AvgIpc) is 2.75. The second kappa shape index (κ2) is 5.27. The number of nitrogens with one attached hydrogen (secondary N) is 1. The van der Waals surface area contributed by atoms with E-state index in [4.69, 9.17) is 10.5 Å². The number of amides is 1. The minimum atomic E-state index is -0.0754. The SMILES string of the molecule is COc1cc(C(=O)N[C@H]2CCN(C)C2)ccc1N. The van der Waals surface area contributed by atoms with Gasteiger partial charge in [0.15, 0.2) is 0 Å². The van der Waals surface area contributed by atoms with Gasteiger partial charge < -0.3 is 20.7 Å². The summed E-state index contributed by atoms with van der Waals surface area (Å²) >= 11 is 0. The Bertz CT molecular complexity index is 448. The summed E-state index contributed by atoms with van der Waals surface area (Å²) in [5.74, 6) is 0.458. The van der Waals surface area contributed by atoms with E-state index >= 15 is 0 Å². The molecule has 1 aliphatic heterocycles. The molecular weight excluding hydrogens is 230 g/mol. The Labute approximate surface area is 107 Å². The van der Waals surface area contributed by atoms with E-state index in [9.17, 15) is 4.79 Å². The maximum atomic E-state index is 12.1. The van der Waals surface area contributed by atoms with Crippen molar-refractivity contribution in [3.05, 3.63) is 23.8 Å². The number of hydrogen-bond acceptors (Lipinski definition) is 4. The highest BCUT2D eigenvalue weighted by molar-refractivity contribution is 5.95. The fourth-order valence-electron chi connectivity index (χ4n) is 2.17. The summed E-state index contributed by atoms with van der Waals surface area (Å²) in [4.78, 5) is 14.3. The minimum Gasteiger partial charge on any atom is -0.495 e. The van der Waals surface area contributed by atoms with Gasteiger partial charge in [-0.2, -0.15) is 0 Å². The Morgan fingerprint density at radius 1 is 1.56 bits per heavy atom. The van der Waals surface area contributed by atoms with Crippen LogP contribution in [0.5, 0.6) is 5.75 Å². The molecule has 0 spiro atoms. The molecule has 0 unspecified atom stereocenters. The fourth-order valence-corrected chi connectivity index (χ4v) is 2.17. The van der Waals surface area contributed by atoms with E-state index in [0.29, 0.717) is 17.0 Å². The van der Waals surface area contributed by atoms with Crippen LogP contribution >= 0.6 is 0 Å². The van der Waals surface area contributed by atoms with Gasteiger partial charge >= 0.3 is 0 Å². The van der Waals surface area contributed by atoms with Crippen LogP contribution in [0, 0.1) is 0 Å². The number of nitrogen functional groups attached to an aromatic ring is 1. The molecule has 0 aliphatic carbocycles. The van der Waals surface area contributed by atoms with Crippen LogP contribution in [0.4, 0.5) is 5.69 Å². The number of rotatable bonds is 3. The molecule has 0 bridgehead atoms. The van der Waals surface area contributed by atoms with Crippen LogP contribution in [0.1, 0.15) is 16.8 Å². The number of nitrogens with zero attached hydrogens (tertiary/aromatic N) is 1. The van der Waals surface area contributed by atoms with Crippen LogP contribution in [-0.2, 0) is 0 Å². The van der Waals surface area contributed by atoms with Crippen LogP contribution in [0.2, 0.25) is 0 Å². The molecule has 2 rings (SSSR count). The molecule has 18 heavy (non-hydrogen) atoms. The van der Waals surface area contributed by atoms with Crippen LogP contribution in [0.25, 0.3) is 0 Å². The van der Waals surface area contributed by atoms with E-state index in [1.54, 1.807) is 25.3 Å². The lowest BCUT2D eigenvalue weighted by molar-refractivity contribution is 0.0938. The van der Waals surface area contributed by atoms with E-state index < -0.39 is 0 Å². The number of methoxy groups -OCH3 is 1. The van der Waals surface area contributed by atoms with Crippen molar-refractivity contribution in [2.75, 3.05) is 33.0 Å². The molecule has 5 heteroatoms. The molecule has 1 aromatic rings. The maximum Gasteiger partial charge on any atom is 0.251 e. The highest BCUT2D eigenvalue weighted by Gasteiger charge is 2.21. The summed E-state index contributed by atoms with van der Waals surface area (Å²) in [6.45, 7) is 1.92. The summed E-state index contributed by atoms with van der Waals surface area (Å²) in [5, 5.41) is 3.02. The molecular formula is C13H19N3O2. The maximum absolute atomic E-state index is 12.1. The zero-order chi connectivity index (χ0) is 13.1. The molecule has 1 fully saturated rings. The molecule has 1 aromatic carbocycles. The molecule has 1 amide bonds. The number of benzene rings is 1. The summed E-state index contributed by atoms with van der Waals surface area (Å²) in [5.41, 5.74) is 6.83. The Morgan fingerprint density at radius 3 is 2.94 bits per heavy atom. The molecule has 0 saturated carbocycles. The molecule has 0 aromatic heterocycles. The van der Waals surface area contributed by atoms with Crippen LogP contribution in [0.3, 0.4) is 0 Å². The van der Waals surface area contributed by atoms with Crippen molar-refractivity contribution in [1.82, 2.24) is 10.2 Å². The van der Waals surface area contributed by atoms with Crippen molar-refractivity contribution in [1.29, 1.82) is 0 Å². The smallest absolute Gasteiger partial charge is 0.251 e. The van der Waals surface area contributed by atoms with E-state index in [2.05, 4.69) is 17.3 Å². The minimum absolute atomic E-state index is 0.0754. The van der Waals surface area contributed by atoms with Gasteiger partial charge in [-0.15, -0.1) is 0 Å². The van der Waals surface area contributed by atoms with E-state index in [1.165, 1.54) is 0 Å². The largest absolute Gasteiger partial charge is 0.495 e. The third-order valence-electron chi connectivity index (χ3n) is 3.22. The Morgan fingerprint density at radius 2 is 2.33 bits per heavy atom. The predicted molar refractivity (Wildman–Crippen MR) is 70.8 cm³/mol. The topological polar surface area (TPSA) is 67.6 Å². The van der Waals surface area contributed by atoms with Crippen LogP contribution in [0.15, 0.2) is 18.2 Å². The van der Waals surface area contributed by atoms with Gasteiger partial charge in [0, 0.05) is 18.2 Å².